The van der Waals surface area contributed by atoms with Crippen LogP contribution in [-0.4, -0.2) is 63.6 Å². The van der Waals surface area contributed by atoms with Gasteiger partial charge in [-0.25, -0.2) is 0 Å². The van der Waals surface area contributed by atoms with Crippen molar-refractivity contribution in [3.63, 3.8) is 0 Å². The summed E-state index contributed by atoms with van der Waals surface area (Å²) in [5.41, 5.74) is 5.98. The molecular weight excluding hydrogens is 306 g/mol. The van der Waals surface area contributed by atoms with Gasteiger partial charge in [-0.3, -0.25) is 4.79 Å². The van der Waals surface area contributed by atoms with Gasteiger partial charge in [-0.05, 0) is 24.1 Å². The van der Waals surface area contributed by atoms with Crippen LogP contribution in [-0.2, 0) is 16.0 Å². The number of carbonyl (C=O) groups is 1. The first-order valence-electron chi connectivity index (χ1n) is 7.26. The lowest BCUT2D eigenvalue weighted by Gasteiger charge is -2.39. The molecule has 0 radical (unpaired) electrons. The van der Waals surface area contributed by atoms with Crippen molar-refractivity contribution in [2.24, 2.45) is 5.73 Å². The SMILES string of the molecule is NC(=O)CCc1ccc(O[C@@H]2O[C@H](CO)[C@@H](O)[C@H](O)[C@H]2O)cc1. The second-order valence-electron chi connectivity index (χ2n) is 5.43. The molecule has 1 aromatic rings. The first-order chi connectivity index (χ1) is 10.9. The van der Waals surface area contributed by atoms with E-state index in [1.54, 1.807) is 24.3 Å². The average Bonchev–Trinajstić information content (AvgIpc) is 2.54. The Morgan fingerprint density at radius 3 is 2.35 bits per heavy atom. The van der Waals surface area contributed by atoms with Gasteiger partial charge >= 0.3 is 0 Å². The zero-order valence-corrected chi connectivity index (χ0v) is 12.4. The lowest BCUT2D eigenvalue weighted by molar-refractivity contribution is -0.277. The number of benzene rings is 1. The Kier molecular flexibility index (Phi) is 5.91. The van der Waals surface area contributed by atoms with E-state index in [-0.39, 0.29) is 12.3 Å². The van der Waals surface area contributed by atoms with Crippen molar-refractivity contribution in [2.45, 2.75) is 43.5 Å². The van der Waals surface area contributed by atoms with E-state index in [4.69, 9.17) is 20.3 Å². The molecule has 0 bridgehead atoms. The van der Waals surface area contributed by atoms with Crippen LogP contribution in [0.15, 0.2) is 24.3 Å². The van der Waals surface area contributed by atoms with Crippen molar-refractivity contribution in [2.75, 3.05) is 6.61 Å². The quantitative estimate of drug-likeness (QED) is 0.418. The Morgan fingerprint density at radius 2 is 1.78 bits per heavy atom. The fourth-order valence-corrected chi connectivity index (χ4v) is 2.30. The molecule has 1 heterocycles. The van der Waals surface area contributed by atoms with Crippen LogP contribution in [0.1, 0.15) is 12.0 Å². The van der Waals surface area contributed by atoms with Gasteiger partial charge in [0.1, 0.15) is 30.2 Å². The molecule has 1 saturated heterocycles. The van der Waals surface area contributed by atoms with E-state index < -0.39 is 37.3 Å². The largest absolute Gasteiger partial charge is 0.462 e. The first-order valence-corrected chi connectivity index (χ1v) is 7.26. The molecule has 5 atom stereocenters. The topological polar surface area (TPSA) is 142 Å². The van der Waals surface area contributed by atoms with Crippen LogP contribution in [0.5, 0.6) is 5.75 Å². The molecule has 8 heteroatoms. The fraction of sp³-hybridized carbons (Fsp3) is 0.533. The molecule has 1 aliphatic heterocycles. The van der Waals surface area contributed by atoms with E-state index in [1.807, 2.05) is 0 Å². The smallest absolute Gasteiger partial charge is 0.229 e. The van der Waals surface area contributed by atoms with Gasteiger partial charge in [0, 0.05) is 6.42 Å². The van der Waals surface area contributed by atoms with Crippen molar-refractivity contribution in [1.29, 1.82) is 0 Å². The molecule has 1 aliphatic rings. The summed E-state index contributed by atoms with van der Waals surface area (Å²) in [4.78, 5) is 10.7. The molecule has 8 nitrogen and oxygen atoms in total. The Bertz CT molecular complexity index is 519. The van der Waals surface area contributed by atoms with Gasteiger partial charge < -0.3 is 35.6 Å². The van der Waals surface area contributed by atoms with Crippen LogP contribution in [0.25, 0.3) is 0 Å². The summed E-state index contributed by atoms with van der Waals surface area (Å²) in [5, 5.41) is 38.4. The van der Waals surface area contributed by atoms with E-state index in [0.29, 0.717) is 12.2 Å². The maximum Gasteiger partial charge on any atom is 0.229 e. The molecular formula is C15H21NO7. The number of ether oxygens (including phenoxy) is 2. The van der Waals surface area contributed by atoms with Gasteiger partial charge in [0.05, 0.1) is 6.61 Å². The van der Waals surface area contributed by atoms with E-state index >= 15 is 0 Å². The summed E-state index contributed by atoms with van der Waals surface area (Å²) in [5.74, 6) is -0.0104. The van der Waals surface area contributed by atoms with Gasteiger partial charge in [-0.2, -0.15) is 0 Å². The maximum absolute atomic E-state index is 10.7. The van der Waals surface area contributed by atoms with Crippen LogP contribution in [0.3, 0.4) is 0 Å². The summed E-state index contributed by atoms with van der Waals surface area (Å²) < 4.78 is 10.7. The highest BCUT2D eigenvalue weighted by atomic mass is 16.7. The summed E-state index contributed by atoms with van der Waals surface area (Å²) in [6.45, 7) is -0.517. The number of aryl methyl sites for hydroxylation is 1. The molecule has 1 fully saturated rings. The van der Waals surface area contributed by atoms with Crippen LogP contribution in [0.2, 0.25) is 0 Å². The summed E-state index contributed by atoms with van der Waals surface area (Å²) >= 11 is 0. The molecule has 0 aliphatic carbocycles. The van der Waals surface area contributed by atoms with Crippen LogP contribution in [0, 0.1) is 0 Å². The molecule has 2 rings (SSSR count). The van der Waals surface area contributed by atoms with Crippen molar-refractivity contribution < 1.29 is 34.7 Å². The molecule has 0 saturated carbocycles. The van der Waals surface area contributed by atoms with Crippen LogP contribution < -0.4 is 10.5 Å². The minimum Gasteiger partial charge on any atom is -0.462 e. The van der Waals surface area contributed by atoms with Gasteiger partial charge in [-0.1, -0.05) is 12.1 Å². The molecule has 23 heavy (non-hydrogen) atoms. The number of amides is 1. The van der Waals surface area contributed by atoms with Crippen LogP contribution in [0.4, 0.5) is 0 Å². The molecule has 0 unspecified atom stereocenters. The number of aliphatic hydroxyl groups is 4. The Hall–Kier alpha value is -1.71. The zero-order valence-electron chi connectivity index (χ0n) is 12.4. The lowest BCUT2D eigenvalue weighted by atomic mass is 9.99. The minimum absolute atomic E-state index is 0.243. The maximum atomic E-state index is 10.7. The molecule has 1 aromatic carbocycles. The number of hydrogen-bond donors (Lipinski definition) is 5. The summed E-state index contributed by atoms with van der Waals surface area (Å²) in [6, 6.07) is 6.72. The van der Waals surface area contributed by atoms with E-state index in [2.05, 4.69) is 0 Å². The summed E-state index contributed by atoms with van der Waals surface area (Å²) in [6.07, 6.45) is -5.85. The van der Waals surface area contributed by atoms with Crippen LogP contribution >= 0.6 is 0 Å². The third kappa shape index (κ3) is 4.40. The molecule has 128 valence electrons. The number of hydrogen-bond acceptors (Lipinski definition) is 7. The average molecular weight is 327 g/mol. The monoisotopic (exact) mass is 327 g/mol. The Labute approximate surface area is 133 Å². The first kappa shape index (κ1) is 17.6. The predicted molar refractivity (Wildman–Crippen MR) is 78.4 cm³/mol. The van der Waals surface area contributed by atoms with Crippen molar-refractivity contribution in [3.8, 4) is 5.75 Å². The van der Waals surface area contributed by atoms with E-state index in [0.717, 1.165) is 5.56 Å². The number of nitrogens with two attached hydrogens (primary N) is 1. The van der Waals surface area contributed by atoms with Crippen molar-refractivity contribution in [1.82, 2.24) is 0 Å². The molecule has 1 amide bonds. The Morgan fingerprint density at radius 1 is 1.13 bits per heavy atom. The fourth-order valence-electron chi connectivity index (χ4n) is 2.30. The molecule has 6 N–H and O–H groups in total. The second-order valence-corrected chi connectivity index (χ2v) is 5.43. The Balaban J connectivity index is 1.99. The van der Waals surface area contributed by atoms with Crippen molar-refractivity contribution in [3.05, 3.63) is 29.8 Å². The number of primary amides is 1. The van der Waals surface area contributed by atoms with Crippen molar-refractivity contribution >= 4 is 5.91 Å². The zero-order chi connectivity index (χ0) is 17.0. The van der Waals surface area contributed by atoms with E-state index in [9.17, 15) is 20.1 Å². The standard InChI is InChI=1S/C15H21NO7/c16-11(18)6-3-8-1-4-9(5-2-8)22-15-14(21)13(20)12(19)10(7-17)23-15/h1-2,4-5,10,12-15,17,19-21H,3,6-7H2,(H2,16,18)/t10-,12-,13+,14-,15-/m1/s1. The molecule has 0 spiro atoms. The van der Waals surface area contributed by atoms with Gasteiger partial charge in [0.25, 0.3) is 0 Å². The number of carbonyl (C=O) groups excluding carboxylic acids is 1. The van der Waals surface area contributed by atoms with E-state index in [1.165, 1.54) is 0 Å². The highest BCUT2D eigenvalue weighted by Crippen LogP contribution is 2.24. The highest BCUT2D eigenvalue weighted by molar-refractivity contribution is 5.74. The number of rotatable bonds is 6. The van der Waals surface area contributed by atoms with Gasteiger partial charge in [0.2, 0.25) is 12.2 Å². The highest BCUT2D eigenvalue weighted by Gasteiger charge is 2.44. The lowest BCUT2D eigenvalue weighted by Crippen LogP contribution is -2.60. The third-order valence-electron chi connectivity index (χ3n) is 3.68. The van der Waals surface area contributed by atoms with Gasteiger partial charge in [-0.15, -0.1) is 0 Å². The molecule has 0 aromatic heterocycles. The predicted octanol–water partition coefficient (Wildman–Crippen LogP) is -1.72. The third-order valence-corrected chi connectivity index (χ3v) is 3.68. The summed E-state index contributed by atoms with van der Waals surface area (Å²) in [7, 11) is 0. The number of aliphatic hydroxyl groups excluding tert-OH is 4. The second kappa shape index (κ2) is 7.71. The normalized spacial score (nSPS) is 30.9. The minimum atomic E-state index is -1.49. The van der Waals surface area contributed by atoms with Gasteiger partial charge in [0.15, 0.2) is 0 Å².